The van der Waals surface area contributed by atoms with E-state index in [0.29, 0.717) is 17.8 Å². The highest BCUT2D eigenvalue weighted by Gasteiger charge is 2.47. The summed E-state index contributed by atoms with van der Waals surface area (Å²) in [6, 6.07) is 33.4. The minimum Gasteiger partial charge on any atom is -0.497 e. The van der Waals surface area contributed by atoms with Crippen molar-refractivity contribution in [2.75, 3.05) is 26.1 Å². The second-order valence-electron chi connectivity index (χ2n) is 13.6. The first-order chi connectivity index (χ1) is 24.2. The molecule has 0 spiro atoms. The maximum Gasteiger partial charge on any atom is 0.255 e. The van der Waals surface area contributed by atoms with Gasteiger partial charge in [-0.1, -0.05) is 91.1 Å². The van der Waals surface area contributed by atoms with E-state index in [1.54, 1.807) is 26.4 Å². The molecule has 5 aromatic rings. The number of aromatic nitrogens is 3. The van der Waals surface area contributed by atoms with Crippen LogP contribution >= 0.6 is 0 Å². The van der Waals surface area contributed by atoms with Crippen molar-refractivity contribution >= 4 is 24.9 Å². The van der Waals surface area contributed by atoms with E-state index in [2.05, 4.69) is 47.8 Å². The van der Waals surface area contributed by atoms with Gasteiger partial charge < -0.3 is 24.6 Å². The molecule has 0 saturated carbocycles. The van der Waals surface area contributed by atoms with Gasteiger partial charge in [-0.15, -0.1) is 5.10 Å². The normalized spacial score (nSPS) is 18.4. The quantitative estimate of drug-likeness (QED) is 0.131. The number of carbonyl (C=O) groups excluding carboxylic acids is 1. The summed E-state index contributed by atoms with van der Waals surface area (Å²) in [5.74, 6) is 1.19. The largest absolute Gasteiger partial charge is 0.497 e. The Balaban J connectivity index is 1.29. The molecule has 0 fully saturated rings. The van der Waals surface area contributed by atoms with E-state index in [4.69, 9.17) is 14.2 Å². The zero-order valence-corrected chi connectivity index (χ0v) is 30.3. The van der Waals surface area contributed by atoms with Crippen LogP contribution in [0.1, 0.15) is 52.5 Å². The maximum absolute atomic E-state index is 12.9. The molecule has 2 unspecified atom stereocenters. The molecule has 0 saturated heterocycles. The lowest BCUT2D eigenvalue weighted by molar-refractivity contribution is -0.0233. The maximum atomic E-state index is 12.9. The number of carbonyl (C=O) groups is 1. The van der Waals surface area contributed by atoms with E-state index in [-0.39, 0.29) is 42.1 Å². The van der Waals surface area contributed by atoms with Gasteiger partial charge >= 0.3 is 0 Å². The zero-order valence-electron chi connectivity index (χ0n) is 29.3. The van der Waals surface area contributed by atoms with E-state index < -0.39 is 8.07 Å². The van der Waals surface area contributed by atoms with Crippen molar-refractivity contribution < 1.29 is 24.1 Å². The number of nitrogens with one attached hydrogen (secondary N) is 1. The predicted molar refractivity (Wildman–Crippen MR) is 198 cm³/mol. The lowest BCUT2D eigenvalue weighted by Gasteiger charge is -2.46. The number of fused-ring (bicyclic) bond motifs is 1. The van der Waals surface area contributed by atoms with Crippen LogP contribution in [-0.4, -0.2) is 61.0 Å². The number of amides is 1. The Labute approximate surface area is 295 Å². The fraction of sp³-hybridized carbons (Fsp3) is 0.325. The van der Waals surface area contributed by atoms with Gasteiger partial charge in [-0.3, -0.25) is 9.48 Å². The number of aliphatic hydroxyl groups excluding tert-OH is 1. The number of hydrogen-bond acceptors (Lipinski definition) is 7. The van der Waals surface area contributed by atoms with E-state index in [1.165, 1.54) is 5.19 Å². The number of ether oxygens (including phenoxy) is 3. The van der Waals surface area contributed by atoms with Crippen molar-refractivity contribution in [2.24, 2.45) is 5.92 Å². The van der Waals surface area contributed by atoms with Crippen molar-refractivity contribution in [3.63, 3.8) is 0 Å². The van der Waals surface area contributed by atoms with Gasteiger partial charge in [0.2, 0.25) is 0 Å². The Bertz CT molecular complexity index is 1870. The van der Waals surface area contributed by atoms with Gasteiger partial charge in [0.25, 0.3) is 5.91 Å². The highest BCUT2D eigenvalue weighted by Crippen LogP contribution is 2.48. The molecule has 10 heteroatoms. The molecular weight excluding hydrogens is 645 g/mol. The summed E-state index contributed by atoms with van der Waals surface area (Å²) in [4.78, 5) is 12.9. The van der Waals surface area contributed by atoms with E-state index in [1.807, 2.05) is 89.7 Å². The van der Waals surface area contributed by atoms with Gasteiger partial charge in [0.05, 0.1) is 39.5 Å². The molecule has 5 atom stereocenters. The Morgan fingerprint density at radius 2 is 1.68 bits per heavy atom. The number of rotatable bonds is 13. The number of hydrogen-bond donors (Lipinski definition) is 2. The first kappa shape index (κ1) is 35.1. The highest BCUT2D eigenvalue weighted by atomic mass is 28.3. The monoisotopic (exact) mass is 690 g/mol. The van der Waals surface area contributed by atoms with Crippen molar-refractivity contribution in [1.29, 1.82) is 0 Å². The number of benzene rings is 4. The van der Waals surface area contributed by atoms with Gasteiger partial charge in [-0.25, -0.2) is 0 Å². The minimum absolute atomic E-state index is 0.00533. The molecule has 1 aliphatic heterocycles. The third-order valence-electron chi connectivity index (χ3n) is 10.2. The van der Waals surface area contributed by atoms with Crippen LogP contribution in [0.2, 0.25) is 18.6 Å². The van der Waals surface area contributed by atoms with Crippen molar-refractivity contribution in [2.45, 2.75) is 56.7 Å². The molecule has 1 amide bonds. The molecule has 4 aromatic carbocycles. The van der Waals surface area contributed by atoms with Crippen LogP contribution in [0.5, 0.6) is 11.5 Å². The zero-order chi connectivity index (χ0) is 35.3. The number of methoxy groups -OCH3 is 2. The van der Waals surface area contributed by atoms with Crippen LogP contribution in [-0.2, 0) is 11.3 Å². The molecule has 0 radical (unpaired) electrons. The standard InChI is InChI=1S/C40H46N4O5Si/c1-27-38(48-3)33-24-30(41-40(46)29-14-10-7-11-15-29)16-21-36(33)49-39(27)37(50(4,5)32-19-17-31(47-2)18-20-32)22-23-44-25-35(42-43-44)34(26-45)28-12-8-6-9-13-28/h6-21,24-25,27,34,37-39,45H,22-23,26H2,1-5H3,(H,41,46)/t27-,34?,37?,38-,39-/m1/s1. The van der Waals surface area contributed by atoms with Crippen LogP contribution in [0.3, 0.4) is 0 Å². The average Bonchev–Trinajstić information content (AvgIpc) is 3.61. The summed E-state index contributed by atoms with van der Waals surface area (Å²) in [6.45, 7) is 7.59. The topological polar surface area (TPSA) is 108 Å². The third-order valence-corrected chi connectivity index (χ3v) is 14.5. The lowest BCUT2D eigenvalue weighted by atomic mass is 9.86. The molecule has 9 nitrogen and oxygen atoms in total. The molecule has 2 N–H and O–H groups in total. The molecule has 1 aliphatic rings. The minimum atomic E-state index is -2.23. The first-order valence-corrected chi connectivity index (χ1v) is 20.2. The number of anilines is 1. The fourth-order valence-corrected chi connectivity index (χ4v) is 10.8. The molecule has 50 heavy (non-hydrogen) atoms. The van der Waals surface area contributed by atoms with Crippen molar-refractivity contribution in [3.05, 3.63) is 132 Å². The number of nitrogens with zero attached hydrogens (tertiary/aromatic N) is 3. The van der Waals surface area contributed by atoms with Crippen LogP contribution in [0.4, 0.5) is 5.69 Å². The molecule has 260 valence electrons. The highest BCUT2D eigenvalue weighted by molar-refractivity contribution is 6.91. The summed E-state index contributed by atoms with van der Waals surface area (Å²) in [5, 5.41) is 23.6. The fourth-order valence-electron chi connectivity index (χ4n) is 7.33. The smallest absolute Gasteiger partial charge is 0.255 e. The molecular formula is C40H46N4O5Si. The summed E-state index contributed by atoms with van der Waals surface area (Å²) in [6.07, 6.45) is 2.36. The van der Waals surface area contributed by atoms with Crippen molar-refractivity contribution in [1.82, 2.24) is 15.0 Å². The third kappa shape index (κ3) is 7.38. The lowest BCUT2D eigenvalue weighted by Crippen LogP contribution is -2.54. The predicted octanol–water partition coefficient (Wildman–Crippen LogP) is 6.82. The molecule has 1 aromatic heterocycles. The number of aliphatic hydroxyl groups is 1. The van der Waals surface area contributed by atoms with Crippen LogP contribution in [0, 0.1) is 5.92 Å². The Hall–Kier alpha value is -4.77. The Morgan fingerprint density at radius 3 is 2.34 bits per heavy atom. The summed E-state index contributed by atoms with van der Waals surface area (Å²) in [5.41, 5.74) is 4.11. The van der Waals surface area contributed by atoms with Crippen LogP contribution in [0.25, 0.3) is 0 Å². The molecule has 0 aliphatic carbocycles. The summed E-state index contributed by atoms with van der Waals surface area (Å²) >= 11 is 0. The molecule has 6 rings (SSSR count). The molecule has 0 bridgehead atoms. The second kappa shape index (κ2) is 15.4. The number of aryl methyl sites for hydroxylation is 1. The Kier molecular flexibility index (Phi) is 10.8. The van der Waals surface area contributed by atoms with E-state index in [0.717, 1.165) is 34.7 Å². The van der Waals surface area contributed by atoms with Gasteiger partial charge in [-0.05, 0) is 60.0 Å². The first-order valence-electron chi connectivity index (χ1n) is 17.1. The second-order valence-corrected chi connectivity index (χ2v) is 18.3. The van der Waals surface area contributed by atoms with Gasteiger partial charge in [0.15, 0.2) is 0 Å². The average molecular weight is 691 g/mol. The SMILES string of the molecule is COc1ccc([Si](C)(C)C(CCn2cc(C(CO)c3ccccc3)nn2)[C@@H]2Oc3ccc(NC(=O)c4ccccc4)cc3[C@H](OC)[C@H]2C)cc1. The van der Waals surface area contributed by atoms with E-state index in [9.17, 15) is 9.90 Å². The molecule has 2 heterocycles. The summed E-state index contributed by atoms with van der Waals surface area (Å²) < 4.78 is 20.6. The summed E-state index contributed by atoms with van der Waals surface area (Å²) in [7, 11) is 1.20. The van der Waals surface area contributed by atoms with Gasteiger partial charge in [0.1, 0.15) is 17.6 Å². The van der Waals surface area contributed by atoms with Crippen molar-refractivity contribution in [3.8, 4) is 11.5 Å². The van der Waals surface area contributed by atoms with Gasteiger partial charge in [-0.2, -0.15) is 0 Å². The van der Waals surface area contributed by atoms with Crippen LogP contribution < -0.4 is 20.0 Å². The van der Waals surface area contributed by atoms with E-state index >= 15 is 0 Å². The Morgan fingerprint density at radius 1 is 0.980 bits per heavy atom. The van der Waals surface area contributed by atoms with Crippen LogP contribution in [0.15, 0.2) is 109 Å². The van der Waals surface area contributed by atoms with Gasteiger partial charge in [0, 0.05) is 42.6 Å².